The number of nitrogens with one attached hydrogen (secondary N) is 1. The van der Waals surface area contributed by atoms with Crippen molar-refractivity contribution in [3.05, 3.63) is 30.7 Å². The minimum atomic E-state index is -3.87. The van der Waals surface area contributed by atoms with E-state index in [-0.39, 0.29) is 19.8 Å². The maximum atomic E-state index is 12.2. The maximum absolute atomic E-state index is 12.2. The molecule has 10 heteroatoms. The van der Waals surface area contributed by atoms with Crippen molar-refractivity contribution in [2.24, 2.45) is 0 Å². The van der Waals surface area contributed by atoms with Crippen LogP contribution in [0.15, 0.2) is 19.4 Å². The van der Waals surface area contributed by atoms with Gasteiger partial charge < -0.3 is 5.11 Å². The lowest BCUT2D eigenvalue weighted by Crippen LogP contribution is -2.13. The molecule has 108 valence electrons. The SMILES string of the molecule is Cc1csc(C(=O)O)c1NS(=O)(=O)c1cc(Cl)c(Br)s1. The summed E-state index contributed by atoms with van der Waals surface area (Å²) in [6, 6.07) is 1.31. The number of hydrogen-bond acceptors (Lipinski definition) is 5. The topological polar surface area (TPSA) is 83.5 Å². The second-order valence-electron chi connectivity index (χ2n) is 3.72. The quantitative estimate of drug-likeness (QED) is 0.788. The Kier molecular flexibility index (Phi) is 4.45. The van der Waals surface area contributed by atoms with Crippen molar-refractivity contribution in [3.8, 4) is 0 Å². The van der Waals surface area contributed by atoms with E-state index in [0.717, 1.165) is 22.7 Å². The molecule has 0 aromatic carbocycles. The van der Waals surface area contributed by atoms with Gasteiger partial charge in [-0.2, -0.15) is 0 Å². The van der Waals surface area contributed by atoms with Crippen molar-refractivity contribution >= 4 is 71.9 Å². The number of aromatic carboxylic acids is 1. The van der Waals surface area contributed by atoms with Gasteiger partial charge in [-0.3, -0.25) is 4.72 Å². The summed E-state index contributed by atoms with van der Waals surface area (Å²) in [6.45, 7) is 1.64. The van der Waals surface area contributed by atoms with Crippen LogP contribution in [0.25, 0.3) is 0 Å². The molecule has 0 atom stereocenters. The van der Waals surface area contributed by atoms with Crippen LogP contribution in [-0.4, -0.2) is 19.5 Å². The Hall–Kier alpha value is -0.610. The molecular formula is C10H7BrClNO4S3. The zero-order chi connectivity index (χ0) is 15.1. The van der Waals surface area contributed by atoms with E-state index in [0.29, 0.717) is 9.35 Å². The molecule has 2 heterocycles. The van der Waals surface area contributed by atoms with Crippen molar-refractivity contribution < 1.29 is 18.3 Å². The number of thiophene rings is 2. The van der Waals surface area contributed by atoms with Gasteiger partial charge in [0.05, 0.1) is 14.5 Å². The van der Waals surface area contributed by atoms with Crippen LogP contribution in [0.2, 0.25) is 5.02 Å². The fraction of sp³-hybridized carbons (Fsp3) is 0.100. The number of rotatable bonds is 4. The molecule has 2 rings (SSSR count). The third-order valence-corrected chi connectivity index (χ3v) is 7.68. The summed E-state index contributed by atoms with van der Waals surface area (Å²) in [5.41, 5.74) is 0.640. The van der Waals surface area contributed by atoms with Gasteiger partial charge in [-0.05, 0) is 39.9 Å². The van der Waals surface area contributed by atoms with Crippen LogP contribution >= 0.6 is 50.2 Å². The van der Waals surface area contributed by atoms with Crippen molar-refractivity contribution in [1.29, 1.82) is 0 Å². The molecule has 0 aliphatic carbocycles. The molecule has 0 radical (unpaired) electrons. The fourth-order valence-corrected chi connectivity index (χ4v) is 5.82. The molecule has 20 heavy (non-hydrogen) atoms. The number of hydrogen-bond donors (Lipinski definition) is 2. The van der Waals surface area contributed by atoms with Gasteiger partial charge >= 0.3 is 5.97 Å². The van der Waals surface area contributed by atoms with E-state index >= 15 is 0 Å². The van der Waals surface area contributed by atoms with Gasteiger partial charge in [0.25, 0.3) is 10.0 Å². The minimum absolute atomic E-state index is 0.0105. The van der Waals surface area contributed by atoms with Crippen LogP contribution in [0.5, 0.6) is 0 Å². The first-order valence-electron chi connectivity index (χ1n) is 5.01. The average molecular weight is 417 g/mol. The number of carbonyl (C=O) groups is 1. The van der Waals surface area contributed by atoms with Crippen molar-refractivity contribution in [1.82, 2.24) is 0 Å². The van der Waals surface area contributed by atoms with Crippen LogP contribution < -0.4 is 4.72 Å². The highest BCUT2D eigenvalue weighted by atomic mass is 79.9. The number of sulfonamides is 1. The fourth-order valence-electron chi connectivity index (χ4n) is 1.37. The molecule has 0 aliphatic heterocycles. The van der Waals surface area contributed by atoms with E-state index in [4.69, 9.17) is 16.7 Å². The van der Waals surface area contributed by atoms with E-state index in [9.17, 15) is 13.2 Å². The largest absolute Gasteiger partial charge is 0.477 e. The molecule has 2 aromatic rings. The third-order valence-electron chi connectivity index (χ3n) is 2.29. The van der Waals surface area contributed by atoms with Crippen LogP contribution in [0.4, 0.5) is 5.69 Å². The third kappa shape index (κ3) is 3.01. The number of halogens is 2. The van der Waals surface area contributed by atoms with E-state index in [1.165, 1.54) is 6.07 Å². The highest BCUT2D eigenvalue weighted by Gasteiger charge is 2.24. The Morgan fingerprint density at radius 1 is 1.50 bits per heavy atom. The molecule has 0 fully saturated rings. The smallest absolute Gasteiger partial charge is 0.348 e. The zero-order valence-corrected chi connectivity index (χ0v) is 14.6. The number of aryl methyl sites for hydroxylation is 1. The molecule has 0 amide bonds. The van der Waals surface area contributed by atoms with Gasteiger partial charge in [0, 0.05) is 0 Å². The predicted octanol–water partition coefficient (Wildman–Crippen LogP) is 4.03. The van der Waals surface area contributed by atoms with E-state index in [2.05, 4.69) is 20.7 Å². The molecule has 2 N–H and O–H groups in total. The second-order valence-corrected chi connectivity index (χ2v) is 9.29. The van der Waals surface area contributed by atoms with E-state index in [1.54, 1.807) is 12.3 Å². The second kappa shape index (κ2) is 5.64. The molecule has 2 aromatic heterocycles. The molecule has 0 saturated carbocycles. The molecule has 5 nitrogen and oxygen atoms in total. The first-order chi connectivity index (χ1) is 9.22. The standard InChI is InChI=1S/C10H7BrClNO4S3/c1-4-3-18-8(10(14)15)7(4)13-20(16,17)6-2-5(12)9(11)19-6/h2-3,13H,1H3,(H,14,15). The van der Waals surface area contributed by atoms with E-state index in [1.807, 2.05) is 0 Å². The van der Waals surface area contributed by atoms with Gasteiger partial charge in [0.15, 0.2) is 0 Å². The highest BCUT2D eigenvalue weighted by molar-refractivity contribution is 9.11. The van der Waals surface area contributed by atoms with Crippen LogP contribution in [-0.2, 0) is 10.0 Å². The molecule has 0 spiro atoms. The summed E-state index contributed by atoms with van der Waals surface area (Å²) in [5, 5.41) is 10.9. The lowest BCUT2D eigenvalue weighted by atomic mass is 10.3. The molecule has 0 bridgehead atoms. The summed E-state index contributed by atoms with van der Waals surface area (Å²) in [6.07, 6.45) is 0. The molecule has 0 aliphatic rings. The number of carboxylic acid groups (broad SMARTS) is 1. The molecule has 0 saturated heterocycles. The number of anilines is 1. The molecule has 0 unspecified atom stereocenters. The van der Waals surface area contributed by atoms with Crippen LogP contribution in [0.1, 0.15) is 15.2 Å². The summed E-state index contributed by atoms with van der Waals surface area (Å²) >= 11 is 10.9. The lowest BCUT2D eigenvalue weighted by Gasteiger charge is -2.07. The summed E-state index contributed by atoms with van der Waals surface area (Å²) in [7, 11) is -3.87. The van der Waals surface area contributed by atoms with Gasteiger partial charge in [-0.25, -0.2) is 13.2 Å². The Bertz CT molecular complexity index is 761. The van der Waals surface area contributed by atoms with Crippen molar-refractivity contribution in [2.75, 3.05) is 4.72 Å². The highest BCUT2D eigenvalue weighted by Crippen LogP contribution is 2.36. The zero-order valence-electron chi connectivity index (χ0n) is 9.81. The van der Waals surface area contributed by atoms with Crippen molar-refractivity contribution in [2.45, 2.75) is 11.1 Å². The Labute approximate surface area is 136 Å². The average Bonchev–Trinajstić information content (AvgIpc) is 2.85. The number of carboxylic acids is 1. The summed E-state index contributed by atoms with van der Waals surface area (Å²) < 4.78 is 27.3. The van der Waals surface area contributed by atoms with Crippen LogP contribution in [0, 0.1) is 6.92 Å². The Balaban J connectivity index is 2.43. The molecular weight excluding hydrogens is 410 g/mol. The first kappa shape index (κ1) is 15.8. The van der Waals surface area contributed by atoms with Gasteiger partial charge in [-0.15, -0.1) is 22.7 Å². The predicted molar refractivity (Wildman–Crippen MR) is 83.9 cm³/mol. The van der Waals surface area contributed by atoms with Crippen molar-refractivity contribution in [3.63, 3.8) is 0 Å². The summed E-state index contributed by atoms with van der Waals surface area (Å²) in [5.74, 6) is -1.17. The normalized spacial score (nSPS) is 11.6. The summed E-state index contributed by atoms with van der Waals surface area (Å²) in [4.78, 5) is 11.0. The maximum Gasteiger partial charge on any atom is 0.348 e. The Morgan fingerprint density at radius 2 is 2.15 bits per heavy atom. The lowest BCUT2D eigenvalue weighted by molar-refractivity contribution is 0.0703. The van der Waals surface area contributed by atoms with E-state index < -0.39 is 16.0 Å². The minimum Gasteiger partial charge on any atom is -0.477 e. The van der Waals surface area contributed by atoms with Gasteiger partial charge in [0.2, 0.25) is 0 Å². The van der Waals surface area contributed by atoms with Gasteiger partial charge in [-0.1, -0.05) is 11.6 Å². The Morgan fingerprint density at radius 3 is 2.65 bits per heavy atom. The first-order valence-corrected chi connectivity index (χ1v) is 9.36. The van der Waals surface area contributed by atoms with Crippen LogP contribution in [0.3, 0.4) is 0 Å². The van der Waals surface area contributed by atoms with Gasteiger partial charge in [0.1, 0.15) is 9.09 Å². The monoisotopic (exact) mass is 415 g/mol.